The smallest absolute Gasteiger partial charge is 0.399 e. The Morgan fingerprint density at radius 1 is 1.26 bits per heavy atom. The molecule has 1 N–H and O–H groups in total. The molecule has 0 radical (unpaired) electrons. The van der Waals surface area contributed by atoms with Crippen molar-refractivity contribution in [2.45, 2.75) is 32.9 Å². The molecule has 0 spiro atoms. The molecule has 1 aromatic heterocycles. The third-order valence-electron chi connectivity index (χ3n) is 2.35. The predicted octanol–water partition coefficient (Wildman–Crippen LogP) is 4.01. The van der Waals surface area contributed by atoms with E-state index in [-0.39, 0.29) is 11.6 Å². The standard InChI is InChI=1S/C14H17ClN2O2/c1-14(2,3)16-8-11-9-18-13(17-11)19-12-6-4-10(15)5-7-12/h4-7,9,16H,8H2,1-3H3. The highest BCUT2D eigenvalue weighted by molar-refractivity contribution is 6.30. The van der Waals surface area contributed by atoms with Gasteiger partial charge in [0.1, 0.15) is 12.0 Å². The molecule has 0 atom stereocenters. The summed E-state index contributed by atoms with van der Waals surface area (Å²) in [6.45, 7) is 6.92. The van der Waals surface area contributed by atoms with Gasteiger partial charge in [0.15, 0.2) is 0 Å². The van der Waals surface area contributed by atoms with E-state index < -0.39 is 0 Å². The Hall–Kier alpha value is -1.52. The Balaban J connectivity index is 1.95. The van der Waals surface area contributed by atoms with E-state index in [1.807, 2.05) is 0 Å². The van der Waals surface area contributed by atoms with Crippen LogP contribution in [-0.2, 0) is 6.54 Å². The fourth-order valence-corrected chi connectivity index (χ4v) is 1.50. The summed E-state index contributed by atoms with van der Waals surface area (Å²) in [5.41, 5.74) is 0.842. The summed E-state index contributed by atoms with van der Waals surface area (Å²) >= 11 is 5.80. The number of benzene rings is 1. The molecule has 19 heavy (non-hydrogen) atoms. The van der Waals surface area contributed by atoms with E-state index in [1.165, 1.54) is 0 Å². The zero-order valence-corrected chi connectivity index (χ0v) is 12.0. The molecule has 2 rings (SSSR count). The molecule has 0 amide bonds. The molecule has 0 aliphatic carbocycles. The van der Waals surface area contributed by atoms with Crippen LogP contribution in [-0.4, -0.2) is 10.5 Å². The van der Waals surface area contributed by atoms with Gasteiger partial charge >= 0.3 is 6.08 Å². The highest BCUT2D eigenvalue weighted by Crippen LogP contribution is 2.22. The van der Waals surface area contributed by atoms with Crippen molar-refractivity contribution in [2.24, 2.45) is 0 Å². The number of halogens is 1. The lowest BCUT2D eigenvalue weighted by Gasteiger charge is -2.19. The Morgan fingerprint density at radius 3 is 2.58 bits per heavy atom. The van der Waals surface area contributed by atoms with Gasteiger partial charge in [0.05, 0.1) is 5.69 Å². The van der Waals surface area contributed by atoms with Gasteiger partial charge in [0.25, 0.3) is 0 Å². The number of rotatable bonds is 4. The number of ether oxygens (including phenoxy) is 1. The van der Waals surface area contributed by atoms with Gasteiger partial charge in [-0.05, 0) is 45.0 Å². The van der Waals surface area contributed by atoms with Crippen LogP contribution >= 0.6 is 11.6 Å². The van der Waals surface area contributed by atoms with Crippen LogP contribution in [0, 0.1) is 0 Å². The number of hydrogen-bond acceptors (Lipinski definition) is 4. The molecule has 0 saturated carbocycles. The molecule has 102 valence electrons. The molecule has 0 aliphatic heterocycles. The molecule has 0 aliphatic rings. The van der Waals surface area contributed by atoms with Crippen molar-refractivity contribution in [3.8, 4) is 11.8 Å². The van der Waals surface area contributed by atoms with Gasteiger partial charge in [-0.15, -0.1) is 0 Å². The third kappa shape index (κ3) is 4.58. The summed E-state index contributed by atoms with van der Waals surface area (Å²) in [4.78, 5) is 4.25. The highest BCUT2D eigenvalue weighted by Gasteiger charge is 2.11. The number of oxazole rings is 1. The maximum absolute atomic E-state index is 5.80. The van der Waals surface area contributed by atoms with Gasteiger partial charge in [0.2, 0.25) is 0 Å². The zero-order chi connectivity index (χ0) is 13.9. The number of nitrogens with one attached hydrogen (secondary N) is 1. The Morgan fingerprint density at radius 2 is 1.95 bits per heavy atom. The quantitative estimate of drug-likeness (QED) is 0.919. The number of nitrogens with zero attached hydrogens (tertiary/aromatic N) is 1. The van der Waals surface area contributed by atoms with Gasteiger partial charge in [-0.1, -0.05) is 11.6 Å². The van der Waals surface area contributed by atoms with Crippen LogP contribution in [0.5, 0.6) is 11.8 Å². The molecular formula is C14H17ClN2O2. The summed E-state index contributed by atoms with van der Waals surface area (Å²) in [5, 5.41) is 3.99. The zero-order valence-electron chi connectivity index (χ0n) is 11.2. The topological polar surface area (TPSA) is 47.3 Å². The van der Waals surface area contributed by atoms with Crippen molar-refractivity contribution in [3.05, 3.63) is 41.2 Å². The molecule has 2 aromatic rings. The lowest BCUT2D eigenvalue weighted by Crippen LogP contribution is -2.35. The van der Waals surface area contributed by atoms with Gasteiger partial charge in [0, 0.05) is 17.1 Å². The van der Waals surface area contributed by atoms with Crippen LogP contribution in [0.1, 0.15) is 26.5 Å². The van der Waals surface area contributed by atoms with Crippen LogP contribution in [0.2, 0.25) is 5.02 Å². The van der Waals surface area contributed by atoms with Crippen LogP contribution in [0.15, 0.2) is 34.9 Å². The van der Waals surface area contributed by atoms with Crippen LogP contribution in [0.25, 0.3) is 0 Å². The fraction of sp³-hybridized carbons (Fsp3) is 0.357. The molecule has 5 heteroatoms. The van der Waals surface area contributed by atoms with Gasteiger partial charge in [-0.2, -0.15) is 4.98 Å². The average Bonchev–Trinajstić information content (AvgIpc) is 2.77. The monoisotopic (exact) mass is 280 g/mol. The van der Waals surface area contributed by atoms with Gasteiger partial charge in [-0.25, -0.2) is 0 Å². The summed E-state index contributed by atoms with van der Waals surface area (Å²) in [6, 6.07) is 7.03. The Bertz CT molecular complexity index is 529. The van der Waals surface area contributed by atoms with Crippen LogP contribution < -0.4 is 10.1 Å². The normalized spacial score (nSPS) is 11.6. The highest BCUT2D eigenvalue weighted by atomic mass is 35.5. The second kappa shape index (κ2) is 5.63. The lowest BCUT2D eigenvalue weighted by molar-refractivity contribution is 0.330. The average molecular weight is 281 g/mol. The molecule has 0 fully saturated rings. The fourth-order valence-electron chi connectivity index (χ4n) is 1.38. The first-order valence-electron chi connectivity index (χ1n) is 6.05. The Labute approximate surface area is 117 Å². The first kappa shape index (κ1) is 13.9. The van der Waals surface area contributed by atoms with Crippen molar-refractivity contribution in [2.75, 3.05) is 0 Å². The summed E-state index contributed by atoms with van der Waals surface area (Å²) in [5.74, 6) is 0.640. The number of hydrogen-bond donors (Lipinski definition) is 1. The van der Waals surface area contributed by atoms with E-state index >= 15 is 0 Å². The van der Waals surface area contributed by atoms with Crippen molar-refractivity contribution < 1.29 is 9.15 Å². The maximum Gasteiger partial charge on any atom is 0.399 e. The lowest BCUT2D eigenvalue weighted by atomic mass is 10.1. The third-order valence-corrected chi connectivity index (χ3v) is 2.60. The van der Waals surface area contributed by atoms with E-state index in [9.17, 15) is 0 Å². The largest absolute Gasteiger partial charge is 0.417 e. The first-order chi connectivity index (χ1) is 8.92. The summed E-state index contributed by atoms with van der Waals surface area (Å²) in [7, 11) is 0. The SMILES string of the molecule is CC(C)(C)NCc1coc(Oc2ccc(Cl)cc2)n1. The molecule has 1 aromatic carbocycles. The second-order valence-corrected chi connectivity index (χ2v) is 5.70. The molecule has 4 nitrogen and oxygen atoms in total. The van der Waals surface area contributed by atoms with Crippen molar-refractivity contribution in [1.82, 2.24) is 10.3 Å². The van der Waals surface area contributed by atoms with E-state index in [0.29, 0.717) is 17.3 Å². The van der Waals surface area contributed by atoms with E-state index in [1.54, 1.807) is 30.5 Å². The van der Waals surface area contributed by atoms with E-state index in [4.69, 9.17) is 20.8 Å². The first-order valence-corrected chi connectivity index (χ1v) is 6.43. The predicted molar refractivity (Wildman–Crippen MR) is 74.6 cm³/mol. The number of aromatic nitrogens is 1. The van der Waals surface area contributed by atoms with Crippen molar-refractivity contribution >= 4 is 11.6 Å². The molecule has 0 unspecified atom stereocenters. The Kier molecular flexibility index (Phi) is 4.12. The molecule has 1 heterocycles. The maximum atomic E-state index is 5.80. The molecule has 0 bridgehead atoms. The molecular weight excluding hydrogens is 264 g/mol. The van der Waals surface area contributed by atoms with Gasteiger partial charge < -0.3 is 14.5 Å². The minimum absolute atomic E-state index is 0.0378. The summed E-state index contributed by atoms with van der Waals surface area (Å²) in [6.07, 6.45) is 1.82. The molecule has 0 saturated heterocycles. The van der Waals surface area contributed by atoms with E-state index in [2.05, 4.69) is 31.1 Å². The second-order valence-electron chi connectivity index (χ2n) is 5.26. The van der Waals surface area contributed by atoms with Crippen molar-refractivity contribution in [3.63, 3.8) is 0 Å². The van der Waals surface area contributed by atoms with Crippen LogP contribution in [0.3, 0.4) is 0 Å². The minimum atomic E-state index is 0.0378. The van der Waals surface area contributed by atoms with Crippen molar-refractivity contribution in [1.29, 1.82) is 0 Å². The van der Waals surface area contributed by atoms with Crippen LogP contribution in [0.4, 0.5) is 0 Å². The summed E-state index contributed by atoms with van der Waals surface area (Å²) < 4.78 is 10.7. The van der Waals surface area contributed by atoms with Gasteiger partial charge in [-0.3, -0.25) is 0 Å². The van der Waals surface area contributed by atoms with E-state index in [0.717, 1.165) is 5.69 Å². The minimum Gasteiger partial charge on any atom is -0.417 e.